The summed E-state index contributed by atoms with van der Waals surface area (Å²) in [5, 5.41) is 0. The molecular formula is C54H49N. The quantitative estimate of drug-likeness (QED) is 0.103. The van der Waals surface area contributed by atoms with Crippen LogP contribution in [0.2, 0.25) is 0 Å². The van der Waals surface area contributed by atoms with Crippen LogP contribution in [-0.4, -0.2) is 0 Å². The molecule has 0 unspecified atom stereocenters. The zero-order chi connectivity index (χ0) is 37.8. The van der Waals surface area contributed by atoms with E-state index in [9.17, 15) is 0 Å². The molecule has 2 aliphatic rings. The van der Waals surface area contributed by atoms with Gasteiger partial charge in [-0.15, -0.1) is 0 Å². The summed E-state index contributed by atoms with van der Waals surface area (Å²) in [6.07, 6.45) is 30.2. The first kappa shape index (κ1) is 36.9. The first-order valence-corrected chi connectivity index (χ1v) is 19.4. The summed E-state index contributed by atoms with van der Waals surface area (Å²) in [5.41, 5.74) is 16.8. The third kappa shape index (κ3) is 9.39. The zero-order valence-corrected chi connectivity index (χ0v) is 32.0. The van der Waals surface area contributed by atoms with Crippen LogP contribution in [0.4, 0.5) is 17.1 Å². The summed E-state index contributed by atoms with van der Waals surface area (Å²) >= 11 is 0. The second-order valence-electron chi connectivity index (χ2n) is 14.1. The number of nitrogens with zero attached hydrogens (tertiary/aromatic N) is 1. The van der Waals surface area contributed by atoms with Gasteiger partial charge in [-0.05, 0) is 138 Å². The molecule has 0 amide bonds. The Morgan fingerprint density at radius 1 is 0.709 bits per heavy atom. The highest BCUT2D eigenvalue weighted by molar-refractivity contribution is 5.91. The number of benzene rings is 5. The van der Waals surface area contributed by atoms with Crippen molar-refractivity contribution in [3.05, 3.63) is 240 Å². The van der Waals surface area contributed by atoms with Crippen LogP contribution in [0.25, 0.3) is 28.3 Å². The van der Waals surface area contributed by atoms with Crippen molar-refractivity contribution in [1.82, 2.24) is 0 Å². The molecule has 0 saturated carbocycles. The van der Waals surface area contributed by atoms with Gasteiger partial charge in [-0.2, -0.15) is 0 Å². The van der Waals surface area contributed by atoms with Crippen molar-refractivity contribution < 1.29 is 0 Å². The summed E-state index contributed by atoms with van der Waals surface area (Å²) in [5.74, 6) is 0. The average molecular weight is 712 g/mol. The standard InChI is InChI=1S/C54H49N/c1-4-17-50(38-43-20-11-6-12-21-43)47-31-35-52(36-32-47)55(51-33-29-46(30-34-51)45-22-13-7-14-23-45)54-37-27-44(40-53(54)48-24-15-8-16-25-48)39-49-28-26-41(2)18-9-5-10-19-42(49)3/h4,6-13,15-22,24-38,40H,2,5,14,23,39H2,1,3H3/b17-4-,18-9-,19-10?,28-26?,49-42+,50-38+. The summed E-state index contributed by atoms with van der Waals surface area (Å²) in [4.78, 5) is 2.41. The van der Waals surface area contributed by atoms with Crippen LogP contribution in [0.5, 0.6) is 0 Å². The van der Waals surface area contributed by atoms with Gasteiger partial charge in [-0.3, -0.25) is 0 Å². The SMILES string of the molecule is C=C1C=C/C(Cc2ccc(N(c3ccc(C4=CC=CCC4)cc3)c3ccc(C(/C=C\C)=C/c4ccccc4)cc3)c(-c3ccccc3)c2)=C(/C)C=CC/C=C\1. The van der Waals surface area contributed by atoms with E-state index in [1.165, 1.54) is 55.7 Å². The normalized spacial score (nSPS) is 16.7. The Hall–Kier alpha value is -6.44. The van der Waals surface area contributed by atoms with Crippen molar-refractivity contribution >= 4 is 34.3 Å². The molecule has 2 aliphatic carbocycles. The minimum Gasteiger partial charge on any atom is -0.310 e. The molecule has 5 aromatic carbocycles. The van der Waals surface area contributed by atoms with E-state index in [1.54, 1.807) is 0 Å². The van der Waals surface area contributed by atoms with Gasteiger partial charge in [0.25, 0.3) is 0 Å². The minimum absolute atomic E-state index is 0.818. The second kappa shape index (κ2) is 18.1. The van der Waals surface area contributed by atoms with E-state index in [0.717, 1.165) is 48.3 Å². The van der Waals surface area contributed by atoms with Gasteiger partial charge < -0.3 is 4.90 Å². The van der Waals surface area contributed by atoms with Crippen LogP contribution in [0, 0.1) is 0 Å². The maximum absolute atomic E-state index is 4.23. The maximum Gasteiger partial charge on any atom is 0.0540 e. The molecule has 0 radical (unpaired) electrons. The Labute approximate surface area is 328 Å². The largest absolute Gasteiger partial charge is 0.310 e. The third-order valence-corrected chi connectivity index (χ3v) is 10.2. The van der Waals surface area contributed by atoms with Gasteiger partial charge in [0.1, 0.15) is 0 Å². The van der Waals surface area contributed by atoms with Crippen molar-refractivity contribution in [3.8, 4) is 11.1 Å². The highest BCUT2D eigenvalue weighted by Gasteiger charge is 2.19. The molecule has 5 aromatic rings. The molecule has 0 saturated heterocycles. The Balaban J connectivity index is 1.34. The lowest BCUT2D eigenvalue weighted by atomic mass is 9.93. The van der Waals surface area contributed by atoms with E-state index < -0.39 is 0 Å². The van der Waals surface area contributed by atoms with Gasteiger partial charge >= 0.3 is 0 Å². The van der Waals surface area contributed by atoms with E-state index in [1.807, 2.05) is 0 Å². The average Bonchev–Trinajstić information content (AvgIpc) is 3.24. The lowest BCUT2D eigenvalue weighted by Gasteiger charge is -2.29. The molecule has 270 valence electrons. The van der Waals surface area contributed by atoms with E-state index in [2.05, 4.69) is 226 Å². The Morgan fingerprint density at radius 3 is 2.13 bits per heavy atom. The Bertz CT molecular complexity index is 2350. The molecule has 0 atom stereocenters. The van der Waals surface area contributed by atoms with Crippen LogP contribution < -0.4 is 4.90 Å². The van der Waals surface area contributed by atoms with Crippen molar-refractivity contribution in [2.24, 2.45) is 0 Å². The number of anilines is 3. The van der Waals surface area contributed by atoms with Crippen molar-refractivity contribution in [2.75, 3.05) is 4.90 Å². The molecule has 0 N–H and O–H groups in total. The Morgan fingerprint density at radius 2 is 1.42 bits per heavy atom. The van der Waals surface area contributed by atoms with Crippen LogP contribution in [0.3, 0.4) is 0 Å². The van der Waals surface area contributed by atoms with E-state index in [0.29, 0.717) is 0 Å². The van der Waals surface area contributed by atoms with Gasteiger partial charge in [0.15, 0.2) is 0 Å². The van der Waals surface area contributed by atoms with Crippen LogP contribution in [0.15, 0.2) is 218 Å². The summed E-state index contributed by atoms with van der Waals surface area (Å²) in [6, 6.07) is 46.5. The van der Waals surface area contributed by atoms with Crippen LogP contribution >= 0.6 is 0 Å². The van der Waals surface area contributed by atoms with Gasteiger partial charge in [0, 0.05) is 16.9 Å². The summed E-state index contributed by atoms with van der Waals surface area (Å²) in [6.45, 7) is 8.52. The molecule has 1 heteroatoms. The van der Waals surface area contributed by atoms with E-state index >= 15 is 0 Å². The fourth-order valence-electron chi connectivity index (χ4n) is 7.23. The monoisotopic (exact) mass is 711 g/mol. The van der Waals surface area contributed by atoms with E-state index in [-0.39, 0.29) is 0 Å². The van der Waals surface area contributed by atoms with Gasteiger partial charge in [-0.25, -0.2) is 0 Å². The number of rotatable bonds is 10. The van der Waals surface area contributed by atoms with Gasteiger partial charge in [0.05, 0.1) is 5.69 Å². The predicted octanol–water partition coefficient (Wildman–Crippen LogP) is 15.2. The fraction of sp³-hybridized carbons (Fsp3) is 0.111. The molecule has 7 rings (SSSR count). The Kier molecular flexibility index (Phi) is 12.1. The topological polar surface area (TPSA) is 3.24 Å². The summed E-state index contributed by atoms with van der Waals surface area (Å²) < 4.78 is 0. The van der Waals surface area contributed by atoms with Crippen LogP contribution in [0.1, 0.15) is 55.4 Å². The highest BCUT2D eigenvalue weighted by atomic mass is 15.1. The van der Waals surface area contributed by atoms with Gasteiger partial charge in [0.2, 0.25) is 0 Å². The zero-order valence-electron chi connectivity index (χ0n) is 32.0. The van der Waals surface area contributed by atoms with Gasteiger partial charge in [-0.1, -0.05) is 164 Å². The number of hydrogen-bond acceptors (Lipinski definition) is 1. The smallest absolute Gasteiger partial charge is 0.0540 e. The highest BCUT2D eigenvalue weighted by Crippen LogP contribution is 2.42. The van der Waals surface area contributed by atoms with Crippen molar-refractivity contribution in [2.45, 2.75) is 39.5 Å². The molecule has 0 aromatic heterocycles. The first-order chi connectivity index (χ1) is 27.1. The number of hydrogen-bond donors (Lipinski definition) is 0. The fourth-order valence-corrected chi connectivity index (χ4v) is 7.23. The second-order valence-corrected chi connectivity index (χ2v) is 14.1. The number of allylic oxidation sites excluding steroid dienone is 16. The van der Waals surface area contributed by atoms with Crippen molar-refractivity contribution in [1.29, 1.82) is 0 Å². The molecule has 0 fully saturated rings. The van der Waals surface area contributed by atoms with E-state index in [4.69, 9.17) is 0 Å². The molecule has 0 aliphatic heterocycles. The molecule has 0 bridgehead atoms. The lowest BCUT2D eigenvalue weighted by Crippen LogP contribution is -2.12. The lowest BCUT2D eigenvalue weighted by molar-refractivity contribution is 1.05. The molecule has 0 heterocycles. The first-order valence-electron chi connectivity index (χ1n) is 19.4. The molecule has 1 nitrogen and oxygen atoms in total. The van der Waals surface area contributed by atoms with Crippen LogP contribution in [-0.2, 0) is 6.42 Å². The third-order valence-electron chi connectivity index (χ3n) is 10.2. The molecule has 0 spiro atoms. The molecular weight excluding hydrogens is 663 g/mol. The summed E-state index contributed by atoms with van der Waals surface area (Å²) in [7, 11) is 0. The van der Waals surface area contributed by atoms with Crippen molar-refractivity contribution in [3.63, 3.8) is 0 Å². The predicted molar refractivity (Wildman–Crippen MR) is 240 cm³/mol. The molecule has 55 heavy (non-hydrogen) atoms. The maximum atomic E-state index is 4.23. The minimum atomic E-state index is 0.818.